The van der Waals surface area contributed by atoms with Crippen molar-refractivity contribution in [2.75, 3.05) is 24.5 Å². The molecular weight excluding hydrogens is 364 g/mol. The molecule has 0 spiro atoms. The second-order valence-corrected chi connectivity index (χ2v) is 6.66. The van der Waals surface area contributed by atoms with E-state index in [0.29, 0.717) is 24.7 Å². The lowest BCUT2D eigenvalue weighted by Gasteiger charge is -2.35. The molecule has 0 bridgehead atoms. The van der Waals surface area contributed by atoms with E-state index in [9.17, 15) is 13.6 Å². The van der Waals surface area contributed by atoms with Crippen LogP contribution in [0.15, 0.2) is 53.6 Å². The van der Waals surface area contributed by atoms with Crippen LogP contribution < -0.4 is 15.8 Å². The zero-order chi connectivity index (χ0) is 19.7. The van der Waals surface area contributed by atoms with Gasteiger partial charge in [-0.2, -0.15) is 0 Å². The van der Waals surface area contributed by atoms with Crippen LogP contribution in [0.4, 0.5) is 14.7 Å². The molecule has 4 rings (SSSR count). The molecule has 6 nitrogen and oxygen atoms in total. The van der Waals surface area contributed by atoms with Crippen molar-refractivity contribution < 1.29 is 8.78 Å². The lowest BCUT2D eigenvalue weighted by atomic mass is 10.0. The summed E-state index contributed by atoms with van der Waals surface area (Å²) in [6.07, 6.45) is 3.27. The third-order valence-corrected chi connectivity index (χ3v) is 4.89. The first-order chi connectivity index (χ1) is 13.5. The van der Waals surface area contributed by atoms with E-state index in [4.69, 9.17) is 0 Å². The maximum atomic E-state index is 14.2. The standard InChI is InChI=1S/C20H19F2N5O/c1-26-18(28)11-16(13-5-7-23-8-6-13)25-20(26)27-10-9-24-17(12-27)19-14(21)3-2-4-15(19)22/h2-8,11,17,24H,9-10,12H2,1H3. The summed E-state index contributed by atoms with van der Waals surface area (Å²) in [5.74, 6) is -0.721. The Morgan fingerprint density at radius 2 is 1.86 bits per heavy atom. The molecule has 0 aliphatic carbocycles. The van der Waals surface area contributed by atoms with Gasteiger partial charge in [-0.05, 0) is 24.3 Å². The molecule has 144 valence electrons. The van der Waals surface area contributed by atoms with Gasteiger partial charge in [0.2, 0.25) is 5.95 Å². The van der Waals surface area contributed by atoms with E-state index in [1.807, 2.05) is 4.90 Å². The van der Waals surface area contributed by atoms with Gasteiger partial charge in [0.1, 0.15) is 11.6 Å². The van der Waals surface area contributed by atoms with Crippen molar-refractivity contribution in [3.63, 3.8) is 0 Å². The molecule has 1 saturated heterocycles. The molecule has 1 N–H and O–H groups in total. The van der Waals surface area contributed by atoms with E-state index in [1.54, 1.807) is 31.6 Å². The topological polar surface area (TPSA) is 63.1 Å². The van der Waals surface area contributed by atoms with Gasteiger partial charge in [0.05, 0.1) is 11.7 Å². The van der Waals surface area contributed by atoms with Gasteiger partial charge in [-0.25, -0.2) is 13.8 Å². The predicted octanol–water partition coefficient (Wildman–Crippen LogP) is 2.27. The van der Waals surface area contributed by atoms with E-state index in [0.717, 1.165) is 5.56 Å². The zero-order valence-electron chi connectivity index (χ0n) is 15.3. The van der Waals surface area contributed by atoms with E-state index >= 15 is 0 Å². The van der Waals surface area contributed by atoms with Crippen LogP contribution in [0.1, 0.15) is 11.6 Å². The lowest BCUT2D eigenvalue weighted by Crippen LogP contribution is -2.48. The number of hydrogen-bond acceptors (Lipinski definition) is 5. The Bertz CT molecular complexity index is 1030. The van der Waals surface area contributed by atoms with Crippen molar-refractivity contribution in [1.82, 2.24) is 19.9 Å². The fourth-order valence-electron chi connectivity index (χ4n) is 3.45. The maximum absolute atomic E-state index is 14.2. The SMILES string of the molecule is Cn1c(N2CCNC(c3c(F)cccc3F)C2)nc(-c2ccncc2)cc1=O. The highest BCUT2D eigenvalue weighted by Crippen LogP contribution is 2.26. The van der Waals surface area contributed by atoms with Crippen LogP contribution in [-0.2, 0) is 7.05 Å². The number of halogens is 2. The molecule has 1 atom stereocenters. The van der Waals surface area contributed by atoms with Crippen molar-refractivity contribution in [3.8, 4) is 11.3 Å². The number of rotatable bonds is 3. The lowest BCUT2D eigenvalue weighted by molar-refractivity contribution is 0.425. The van der Waals surface area contributed by atoms with Crippen LogP contribution in [0, 0.1) is 11.6 Å². The Kier molecular flexibility index (Phi) is 4.87. The van der Waals surface area contributed by atoms with Crippen LogP contribution in [0.25, 0.3) is 11.3 Å². The second-order valence-electron chi connectivity index (χ2n) is 6.66. The predicted molar refractivity (Wildman–Crippen MR) is 102 cm³/mol. The Labute approximate surface area is 160 Å². The minimum absolute atomic E-state index is 0.00230. The monoisotopic (exact) mass is 383 g/mol. The number of nitrogens with one attached hydrogen (secondary N) is 1. The molecule has 1 aromatic carbocycles. The molecule has 1 aliphatic rings. The van der Waals surface area contributed by atoms with Gasteiger partial charge in [0.25, 0.3) is 5.56 Å². The first-order valence-electron chi connectivity index (χ1n) is 8.95. The molecule has 3 heterocycles. The number of aromatic nitrogens is 3. The van der Waals surface area contributed by atoms with Gasteiger partial charge in [-0.3, -0.25) is 14.3 Å². The molecular formula is C20H19F2N5O. The normalized spacial score (nSPS) is 17.0. The summed E-state index contributed by atoms with van der Waals surface area (Å²) >= 11 is 0. The number of benzene rings is 1. The smallest absolute Gasteiger partial charge is 0.255 e. The number of hydrogen-bond donors (Lipinski definition) is 1. The second kappa shape index (κ2) is 7.47. The first-order valence-corrected chi connectivity index (χ1v) is 8.95. The van der Waals surface area contributed by atoms with Crippen molar-refractivity contribution in [2.24, 2.45) is 7.05 Å². The van der Waals surface area contributed by atoms with Crippen LogP contribution in [-0.4, -0.2) is 34.2 Å². The summed E-state index contributed by atoms with van der Waals surface area (Å²) in [6, 6.07) is 8.32. The van der Waals surface area contributed by atoms with Gasteiger partial charge in [-0.1, -0.05) is 6.07 Å². The molecule has 0 radical (unpaired) electrons. The average Bonchev–Trinajstić information content (AvgIpc) is 2.71. The molecule has 0 saturated carbocycles. The number of nitrogens with zero attached hydrogens (tertiary/aromatic N) is 4. The fourth-order valence-corrected chi connectivity index (χ4v) is 3.45. The van der Waals surface area contributed by atoms with E-state index in [1.165, 1.54) is 28.8 Å². The number of piperazine rings is 1. The Morgan fingerprint density at radius 3 is 2.57 bits per heavy atom. The Morgan fingerprint density at radius 1 is 1.14 bits per heavy atom. The van der Waals surface area contributed by atoms with Crippen LogP contribution in [0.3, 0.4) is 0 Å². The molecule has 0 amide bonds. The van der Waals surface area contributed by atoms with Crippen LogP contribution in [0.5, 0.6) is 0 Å². The molecule has 1 aliphatic heterocycles. The fraction of sp³-hybridized carbons (Fsp3) is 0.250. The quantitative estimate of drug-likeness (QED) is 0.752. The zero-order valence-corrected chi connectivity index (χ0v) is 15.3. The number of pyridine rings is 1. The minimum atomic E-state index is -0.591. The summed E-state index contributed by atoms with van der Waals surface area (Å²) < 4.78 is 29.9. The third kappa shape index (κ3) is 3.38. The molecule has 3 aromatic rings. The van der Waals surface area contributed by atoms with Crippen molar-refractivity contribution in [1.29, 1.82) is 0 Å². The first kappa shape index (κ1) is 18.2. The summed E-state index contributed by atoms with van der Waals surface area (Å²) in [4.78, 5) is 23.0. The van der Waals surface area contributed by atoms with E-state index < -0.39 is 17.7 Å². The van der Waals surface area contributed by atoms with Gasteiger partial charge in [0.15, 0.2) is 0 Å². The summed E-state index contributed by atoms with van der Waals surface area (Å²) in [6.45, 7) is 1.36. The third-order valence-electron chi connectivity index (χ3n) is 4.89. The summed E-state index contributed by atoms with van der Waals surface area (Å²) in [5, 5.41) is 3.15. The van der Waals surface area contributed by atoms with Crippen molar-refractivity contribution >= 4 is 5.95 Å². The van der Waals surface area contributed by atoms with E-state index in [2.05, 4.69) is 15.3 Å². The Hall–Kier alpha value is -3.13. The van der Waals surface area contributed by atoms with E-state index in [-0.39, 0.29) is 17.7 Å². The average molecular weight is 383 g/mol. The minimum Gasteiger partial charge on any atom is -0.339 e. The molecule has 28 heavy (non-hydrogen) atoms. The summed E-state index contributed by atoms with van der Waals surface area (Å²) in [7, 11) is 1.64. The van der Waals surface area contributed by atoms with Gasteiger partial charge >= 0.3 is 0 Å². The molecule has 2 aromatic heterocycles. The molecule has 8 heteroatoms. The van der Waals surface area contributed by atoms with Gasteiger partial charge < -0.3 is 10.2 Å². The van der Waals surface area contributed by atoms with Crippen molar-refractivity contribution in [2.45, 2.75) is 6.04 Å². The highest BCUT2D eigenvalue weighted by molar-refractivity contribution is 5.59. The highest BCUT2D eigenvalue weighted by Gasteiger charge is 2.27. The van der Waals surface area contributed by atoms with Crippen LogP contribution >= 0.6 is 0 Å². The molecule has 1 unspecified atom stereocenters. The van der Waals surface area contributed by atoms with Gasteiger partial charge in [0, 0.05) is 56.3 Å². The van der Waals surface area contributed by atoms with Crippen molar-refractivity contribution in [3.05, 3.63) is 76.3 Å². The number of anilines is 1. The largest absolute Gasteiger partial charge is 0.339 e. The Balaban J connectivity index is 1.71. The molecule has 1 fully saturated rings. The highest BCUT2D eigenvalue weighted by atomic mass is 19.1. The van der Waals surface area contributed by atoms with Crippen LogP contribution in [0.2, 0.25) is 0 Å². The maximum Gasteiger partial charge on any atom is 0.255 e. The summed E-state index contributed by atoms with van der Waals surface area (Å²) in [5.41, 5.74) is 1.11. The van der Waals surface area contributed by atoms with Gasteiger partial charge in [-0.15, -0.1) is 0 Å².